The molecule has 0 unspecified atom stereocenters. The molecule has 2 heterocycles. The van der Waals surface area contributed by atoms with Gasteiger partial charge in [0.15, 0.2) is 5.13 Å². The van der Waals surface area contributed by atoms with Crippen LogP contribution >= 0.6 is 11.3 Å². The van der Waals surface area contributed by atoms with Gasteiger partial charge in [-0.2, -0.15) is 0 Å². The highest BCUT2D eigenvalue weighted by atomic mass is 32.1. The molecule has 1 saturated carbocycles. The number of carbonyl (C=O) groups excluding carboxylic acids is 1. The SMILES string of the molecule is Cc1cc(C)c2sc(N3CCN(C(=O)C4CCCCC4)CC3)nc2c1. The molecule has 1 aliphatic carbocycles. The molecule has 2 aromatic rings. The third-order valence-electron chi connectivity index (χ3n) is 5.63. The molecule has 0 bridgehead atoms. The molecule has 5 heteroatoms. The molecule has 2 fully saturated rings. The number of piperazine rings is 1. The van der Waals surface area contributed by atoms with Gasteiger partial charge in [-0.1, -0.05) is 36.7 Å². The first kappa shape index (κ1) is 16.8. The molecular weight excluding hydrogens is 330 g/mol. The summed E-state index contributed by atoms with van der Waals surface area (Å²) < 4.78 is 1.29. The molecule has 1 aromatic carbocycles. The lowest BCUT2D eigenvalue weighted by molar-refractivity contribution is -0.136. The first-order valence-corrected chi connectivity index (χ1v) is 10.3. The van der Waals surface area contributed by atoms with Crippen LogP contribution in [0.1, 0.15) is 43.2 Å². The van der Waals surface area contributed by atoms with Gasteiger partial charge in [-0.05, 0) is 43.9 Å². The second-order valence-electron chi connectivity index (χ2n) is 7.57. The van der Waals surface area contributed by atoms with Crippen LogP contribution in [0.15, 0.2) is 12.1 Å². The molecule has 4 nitrogen and oxygen atoms in total. The van der Waals surface area contributed by atoms with Gasteiger partial charge in [-0.15, -0.1) is 0 Å². The van der Waals surface area contributed by atoms with Gasteiger partial charge in [0.05, 0.1) is 10.2 Å². The predicted molar refractivity (Wildman–Crippen MR) is 104 cm³/mol. The first-order valence-electron chi connectivity index (χ1n) is 9.53. The lowest BCUT2D eigenvalue weighted by Crippen LogP contribution is -2.50. The molecule has 2 aliphatic rings. The van der Waals surface area contributed by atoms with E-state index in [1.807, 2.05) is 0 Å². The first-order chi connectivity index (χ1) is 12.1. The van der Waals surface area contributed by atoms with Crippen LogP contribution in [0.4, 0.5) is 5.13 Å². The van der Waals surface area contributed by atoms with E-state index in [1.165, 1.54) is 35.1 Å². The Labute approximate surface area is 153 Å². The summed E-state index contributed by atoms with van der Waals surface area (Å²) in [7, 11) is 0. The number of anilines is 1. The predicted octanol–water partition coefficient (Wildman–Crippen LogP) is 4.14. The van der Waals surface area contributed by atoms with Crippen LogP contribution in [-0.4, -0.2) is 42.0 Å². The summed E-state index contributed by atoms with van der Waals surface area (Å²) in [6, 6.07) is 4.40. The van der Waals surface area contributed by atoms with Gasteiger partial charge in [0.2, 0.25) is 5.91 Å². The molecular formula is C20H27N3OS. The molecule has 0 N–H and O–H groups in total. The van der Waals surface area contributed by atoms with E-state index >= 15 is 0 Å². The van der Waals surface area contributed by atoms with E-state index in [0.717, 1.165) is 49.7 Å². The molecule has 0 atom stereocenters. The third-order valence-corrected chi connectivity index (χ3v) is 6.89. The summed E-state index contributed by atoms with van der Waals surface area (Å²) in [5, 5.41) is 1.11. The van der Waals surface area contributed by atoms with E-state index < -0.39 is 0 Å². The summed E-state index contributed by atoms with van der Waals surface area (Å²) in [6.07, 6.45) is 5.93. The smallest absolute Gasteiger partial charge is 0.225 e. The molecule has 4 rings (SSSR count). The Balaban J connectivity index is 1.43. The normalized spacial score (nSPS) is 19.6. The second kappa shape index (κ2) is 6.94. The summed E-state index contributed by atoms with van der Waals surface area (Å²) in [6.45, 7) is 7.76. The minimum Gasteiger partial charge on any atom is -0.345 e. The minimum absolute atomic E-state index is 0.286. The number of fused-ring (bicyclic) bond motifs is 1. The van der Waals surface area contributed by atoms with Crippen molar-refractivity contribution >= 4 is 32.6 Å². The molecule has 0 spiro atoms. The fourth-order valence-corrected chi connectivity index (χ4v) is 5.29. The second-order valence-corrected chi connectivity index (χ2v) is 8.55. The van der Waals surface area contributed by atoms with Gasteiger partial charge < -0.3 is 9.80 Å². The topological polar surface area (TPSA) is 36.4 Å². The zero-order valence-corrected chi connectivity index (χ0v) is 16.1. The van der Waals surface area contributed by atoms with E-state index in [9.17, 15) is 4.79 Å². The van der Waals surface area contributed by atoms with Gasteiger partial charge in [0, 0.05) is 32.1 Å². The Morgan fingerprint density at radius 1 is 1.08 bits per heavy atom. The number of benzene rings is 1. The van der Waals surface area contributed by atoms with Crippen LogP contribution in [0.3, 0.4) is 0 Å². The lowest BCUT2D eigenvalue weighted by Gasteiger charge is -2.37. The van der Waals surface area contributed by atoms with Crippen molar-refractivity contribution in [1.82, 2.24) is 9.88 Å². The van der Waals surface area contributed by atoms with E-state index in [-0.39, 0.29) is 5.92 Å². The Morgan fingerprint density at radius 3 is 2.52 bits per heavy atom. The van der Waals surface area contributed by atoms with Crippen molar-refractivity contribution in [3.05, 3.63) is 23.3 Å². The van der Waals surface area contributed by atoms with Crippen molar-refractivity contribution in [2.75, 3.05) is 31.1 Å². The fourth-order valence-electron chi connectivity index (χ4n) is 4.23. The van der Waals surface area contributed by atoms with Crippen molar-refractivity contribution in [3.8, 4) is 0 Å². The van der Waals surface area contributed by atoms with Gasteiger partial charge in [-0.25, -0.2) is 4.98 Å². The number of rotatable bonds is 2. The number of nitrogens with zero attached hydrogens (tertiary/aromatic N) is 3. The summed E-state index contributed by atoms with van der Waals surface area (Å²) in [5.74, 6) is 0.684. The summed E-state index contributed by atoms with van der Waals surface area (Å²) >= 11 is 1.79. The van der Waals surface area contributed by atoms with E-state index in [1.54, 1.807) is 11.3 Å². The molecule has 25 heavy (non-hydrogen) atoms. The van der Waals surface area contributed by atoms with Crippen LogP contribution in [0.25, 0.3) is 10.2 Å². The van der Waals surface area contributed by atoms with Crippen LogP contribution in [0, 0.1) is 19.8 Å². The van der Waals surface area contributed by atoms with Gasteiger partial charge in [0.25, 0.3) is 0 Å². The average Bonchev–Trinajstić information content (AvgIpc) is 3.06. The van der Waals surface area contributed by atoms with Crippen LogP contribution in [-0.2, 0) is 4.79 Å². The molecule has 1 aliphatic heterocycles. The van der Waals surface area contributed by atoms with Crippen molar-refractivity contribution in [2.45, 2.75) is 46.0 Å². The number of carbonyl (C=O) groups is 1. The molecule has 1 saturated heterocycles. The highest BCUT2D eigenvalue weighted by Crippen LogP contribution is 2.33. The zero-order chi connectivity index (χ0) is 17.4. The maximum Gasteiger partial charge on any atom is 0.225 e. The Morgan fingerprint density at radius 2 is 1.80 bits per heavy atom. The highest BCUT2D eigenvalue weighted by Gasteiger charge is 2.29. The van der Waals surface area contributed by atoms with E-state index in [2.05, 4.69) is 35.8 Å². The maximum atomic E-state index is 12.7. The molecule has 1 aromatic heterocycles. The highest BCUT2D eigenvalue weighted by molar-refractivity contribution is 7.22. The zero-order valence-electron chi connectivity index (χ0n) is 15.3. The van der Waals surface area contributed by atoms with Crippen LogP contribution < -0.4 is 4.90 Å². The monoisotopic (exact) mass is 357 g/mol. The van der Waals surface area contributed by atoms with Crippen LogP contribution in [0.2, 0.25) is 0 Å². The number of aryl methyl sites for hydroxylation is 2. The van der Waals surface area contributed by atoms with Crippen molar-refractivity contribution in [1.29, 1.82) is 0 Å². The van der Waals surface area contributed by atoms with Crippen molar-refractivity contribution in [2.24, 2.45) is 5.92 Å². The average molecular weight is 358 g/mol. The fraction of sp³-hybridized carbons (Fsp3) is 0.600. The molecule has 0 radical (unpaired) electrons. The van der Waals surface area contributed by atoms with E-state index in [0.29, 0.717) is 5.91 Å². The minimum atomic E-state index is 0.286. The standard InChI is InChI=1S/C20H27N3OS/c1-14-12-15(2)18-17(13-14)21-20(25-18)23-10-8-22(9-11-23)19(24)16-6-4-3-5-7-16/h12-13,16H,3-11H2,1-2H3. The van der Waals surface area contributed by atoms with Crippen molar-refractivity contribution < 1.29 is 4.79 Å². The Hall–Kier alpha value is -1.62. The largest absolute Gasteiger partial charge is 0.345 e. The number of hydrogen-bond acceptors (Lipinski definition) is 4. The van der Waals surface area contributed by atoms with Gasteiger partial charge >= 0.3 is 0 Å². The number of hydrogen-bond donors (Lipinski definition) is 0. The number of thiazole rings is 1. The Bertz CT molecular complexity index is 771. The number of amides is 1. The summed E-state index contributed by atoms with van der Waals surface area (Å²) in [4.78, 5) is 22.0. The molecule has 1 amide bonds. The van der Waals surface area contributed by atoms with Crippen molar-refractivity contribution in [3.63, 3.8) is 0 Å². The molecule has 134 valence electrons. The van der Waals surface area contributed by atoms with Gasteiger partial charge in [0.1, 0.15) is 0 Å². The quantitative estimate of drug-likeness (QED) is 0.810. The van der Waals surface area contributed by atoms with E-state index in [4.69, 9.17) is 4.98 Å². The lowest BCUT2D eigenvalue weighted by atomic mass is 9.88. The third kappa shape index (κ3) is 3.39. The number of aromatic nitrogens is 1. The van der Waals surface area contributed by atoms with Crippen LogP contribution in [0.5, 0.6) is 0 Å². The maximum absolute atomic E-state index is 12.7. The van der Waals surface area contributed by atoms with Gasteiger partial charge in [-0.3, -0.25) is 4.79 Å². The summed E-state index contributed by atoms with van der Waals surface area (Å²) in [5.41, 5.74) is 3.69. The Kier molecular flexibility index (Phi) is 4.67.